The normalized spacial score (nSPS) is 27.1. The molecule has 0 bridgehead atoms. The summed E-state index contributed by atoms with van der Waals surface area (Å²) < 4.78 is 0. The van der Waals surface area contributed by atoms with Crippen LogP contribution in [-0.4, -0.2) is 239 Å². The molecular weight excluding hydrogens is 1090 g/mol. The van der Waals surface area contributed by atoms with Crippen molar-refractivity contribution in [2.45, 2.75) is 216 Å². The van der Waals surface area contributed by atoms with Crippen molar-refractivity contribution in [1.29, 1.82) is 0 Å². The number of nitrogens with one attached hydrogen (secondary N) is 4. The van der Waals surface area contributed by atoms with Crippen LogP contribution < -0.4 is 21.3 Å². The number of carbonyl (C=O) groups excluding carboxylic acids is 10. The lowest BCUT2D eigenvalue weighted by Crippen LogP contribution is -2.63. The highest BCUT2D eigenvalue weighted by Crippen LogP contribution is 2.25. The van der Waals surface area contributed by atoms with E-state index in [0.29, 0.717) is 12.8 Å². The molecule has 1 rings (SSSR count). The highest BCUT2D eigenvalue weighted by atomic mass is 16.3. The Morgan fingerprint density at radius 1 is 0.506 bits per heavy atom. The number of aliphatic hydroxyl groups is 2. The molecule has 0 aromatic heterocycles. The van der Waals surface area contributed by atoms with Gasteiger partial charge in [0, 0.05) is 54.9 Å². The lowest BCUT2D eigenvalue weighted by molar-refractivity contribution is -0.157. The monoisotopic (exact) mass is 1200 g/mol. The summed E-state index contributed by atoms with van der Waals surface area (Å²) in [4.78, 5) is 155. The Hall–Kier alpha value is -5.68. The molecule has 1 aliphatic heterocycles. The fourth-order valence-electron chi connectivity index (χ4n) is 10.8. The average Bonchev–Trinajstić information content (AvgIpc) is 3.63. The van der Waals surface area contributed by atoms with Crippen LogP contribution in [0.25, 0.3) is 0 Å². The molecule has 1 unspecified atom stereocenters. The Kier molecular flexibility index (Phi) is 32.6. The molecule has 12 atom stereocenters. The van der Waals surface area contributed by atoms with Crippen molar-refractivity contribution in [2.75, 3.05) is 69.0 Å². The van der Waals surface area contributed by atoms with Gasteiger partial charge in [-0.3, -0.25) is 52.8 Å². The molecule has 0 aliphatic carbocycles. The molecule has 0 spiro atoms. The smallest absolute Gasteiger partial charge is 0.247 e. The van der Waals surface area contributed by atoms with Crippen LogP contribution in [-0.2, 0) is 47.9 Å². The minimum atomic E-state index is -1.60. The third-order valence-electron chi connectivity index (χ3n) is 16.2. The largest absolute Gasteiger partial charge is 0.394 e. The fraction of sp³-hybridized carbons (Fsp3) is 0.806. The third-order valence-corrected chi connectivity index (χ3v) is 16.2. The van der Waals surface area contributed by atoms with Crippen LogP contribution in [0.1, 0.15) is 149 Å². The maximum atomic E-state index is 15.1. The van der Waals surface area contributed by atoms with E-state index < -0.39 is 151 Å². The predicted molar refractivity (Wildman–Crippen MR) is 330 cm³/mol. The molecule has 0 saturated carbocycles. The predicted octanol–water partition coefficient (Wildman–Crippen LogP) is 2.71. The number of hydrogen-bond donors (Lipinski definition) is 6. The van der Waals surface area contributed by atoms with Crippen molar-refractivity contribution in [2.24, 2.45) is 41.4 Å². The second kappa shape index (κ2) is 35.8. The van der Waals surface area contributed by atoms with E-state index in [1.54, 1.807) is 52.6 Å². The lowest BCUT2D eigenvalue weighted by Gasteiger charge is -2.41. The molecule has 6 N–H and O–H groups in total. The SMILES string of the molecule is C/C=C/C[C@@H](C)[C@@H](O)[C@H]1C(=O)N[C@@H](CC)C(=O)N(C)CC(=O)N(C)[C@@H](CC(C)C)C(=O)N[C@@H](C(C)C)CN(C)[C@@H](CC(C)C)C(=O)N[C@@H](C)C(=O)N[C@H](CO)C(=O)N(C)[C@@H](CC(C)C)C(=O)N(C)[C@@H](CC(C)C)C(=O)N(C)C(C(C)C)C(=O)N1C. The van der Waals surface area contributed by atoms with Gasteiger partial charge in [0.25, 0.3) is 0 Å². The van der Waals surface area contributed by atoms with Crippen LogP contribution in [0.5, 0.6) is 0 Å². The number of nitrogens with zero attached hydrogens (tertiary/aromatic N) is 7. The Morgan fingerprint density at radius 2 is 0.953 bits per heavy atom. The first-order valence-corrected chi connectivity index (χ1v) is 30.7. The van der Waals surface area contributed by atoms with E-state index in [-0.39, 0.29) is 61.8 Å². The van der Waals surface area contributed by atoms with Crippen LogP contribution in [0.4, 0.5) is 0 Å². The lowest BCUT2D eigenvalue weighted by atomic mass is 9.91. The highest BCUT2D eigenvalue weighted by molar-refractivity contribution is 5.98. The number of carbonyl (C=O) groups is 10. The van der Waals surface area contributed by atoms with Gasteiger partial charge < -0.3 is 60.9 Å². The second-order valence-corrected chi connectivity index (χ2v) is 26.2. The first-order valence-electron chi connectivity index (χ1n) is 30.7. The standard InChI is InChI=1S/C62H113N11O12/c1-24-26-27-41(15)53(76)52-57(80)64-43(25-2)58(81)68(18)33-50(75)69(19)47(29-36(5)6)56(79)65-44(39(11)12)32-67(17)46(28-35(3)4)55(78)63-42(16)54(77)66-45(34-74)59(82)70(20)48(30-37(7)8)60(83)71(21)49(31-38(9)10)61(84)72(22)51(40(13)14)62(85)73(52)23/h24,26,35-49,51-53,74,76H,25,27-34H2,1-23H3,(H,63,78)(H,64,80)(H,65,79)(H,66,77)/b26-24+/t41-,42+,43+,44-,45-,46+,47+,48+,49+,51?,52+,53-/m1/s1. The van der Waals surface area contributed by atoms with Gasteiger partial charge >= 0.3 is 0 Å². The van der Waals surface area contributed by atoms with E-state index in [2.05, 4.69) is 21.3 Å². The van der Waals surface area contributed by atoms with Gasteiger partial charge in [-0.05, 0) is 101 Å². The van der Waals surface area contributed by atoms with E-state index in [4.69, 9.17) is 0 Å². The number of hydrogen-bond acceptors (Lipinski definition) is 13. The summed E-state index contributed by atoms with van der Waals surface area (Å²) in [5.41, 5.74) is 0. The number of allylic oxidation sites excluding steroid dienone is 2. The van der Waals surface area contributed by atoms with Gasteiger partial charge in [-0.1, -0.05) is 109 Å². The highest BCUT2D eigenvalue weighted by Gasteiger charge is 2.45. The minimum absolute atomic E-state index is 0.00139. The Balaban J connectivity index is 4.31. The molecule has 0 radical (unpaired) electrons. The number of likely N-dealkylation sites (N-methyl/N-ethyl adjacent to an activating group) is 7. The van der Waals surface area contributed by atoms with Gasteiger partial charge in [0.1, 0.15) is 48.3 Å². The molecule has 1 aliphatic rings. The topological polar surface area (TPSA) is 282 Å². The first-order chi connectivity index (χ1) is 39.3. The number of amides is 10. The second-order valence-electron chi connectivity index (χ2n) is 26.2. The maximum absolute atomic E-state index is 15.1. The van der Waals surface area contributed by atoms with Gasteiger partial charge in [-0.2, -0.15) is 0 Å². The molecule has 0 aromatic carbocycles. The molecule has 1 saturated heterocycles. The zero-order chi connectivity index (χ0) is 65.8. The van der Waals surface area contributed by atoms with Crippen LogP contribution in [0.15, 0.2) is 12.2 Å². The molecule has 488 valence electrons. The molecule has 0 aromatic rings. The van der Waals surface area contributed by atoms with Crippen molar-refractivity contribution in [1.82, 2.24) is 55.6 Å². The Bertz CT molecular complexity index is 2260. The summed E-state index contributed by atoms with van der Waals surface area (Å²) in [6, 6.07) is -11.6. The number of aliphatic hydroxyl groups excluding tert-OH is 2. The van der Waals surface area contributed by atoms with Gasteiger partial charge in [0.2, 0.25) is 59.1 Å². The molecular formula is C62H113N11O12. The Morgan fingerprint density at radius 3 is 1.41 bits per heavy atom. The summed E-state index contributed by atoms with van der Waals surface area (Å²) in [5.74, 6) is -8.39. The quantitative estimate of drug-likeness (QED) is 0.122. The van der Waals surface area contributed by atoms with Gasteiger partial charge in [-0.15, -0.1) is 0 Å². The minimum Gasteiger partial charge on any atom is -0.394 e. The van der Waals surface area contributed by atoms with Gasteiger partial charge in [0.15, 0.2) is 0 Å². The average molecular weight is 1200 g/mol. The first kappa shape index (κ1) is 77.3. The molecule has 23 nitrogen and oxygen atoms in total. The summed E-state index contributed by atoms with van der Waals surface area (Å²) in [6.07, 6.45) is 3.31. The number of rotatable bonds is 16. The zero-order valence-electron chi connectivity index (χ0n) is 56.0. The summed E-state index contributed by atoms with van der Waals surface area (Å²) >= 11 is 0. The molecule has 1 fully saturated rings. The summed E-state index contributed by atoms with van der Waals surface area (Å²) in [7, 11) is 10.2. The van der Waals surface area contributed by atoms with Crippen molar-refractivity contribution in [3.63, 3.8) is 0 Å². The van der Waals surface area contributed by atoms with Crippen molar-refractivity contribution in [3.05, 3.63) is 12.2 Å². The summed E-state index contributed by atoms with van der Waals surface area (Å²) in [6.45, 7) is 27.9. The van der Waals surface area contributed by atoms with Gasteiger partial charge in [0.05, 0.1) is 25.3 Å². The van der Waals surface area contributed by atoms with Gasteiger partial charge in [-0.25, -0.2) is 0 Å². The van der Waals surface area contributed by atoms with Crippen molar-refractivity contribution < 1.29 is 58.2 Å². The Labute approximate surface area is 509 Å². The van der Waals surface area contributed by atoms with E-state index in [1.165, 1.54) is 63.9 Å². The zero-order valence-corrected chi connectivity index (χ0v) is 56.0. The van der Waals surface area contributed by atoms with Crippen LogP contribution in [0.3, 0.4) is 0 Å². The van der Waals surface area contributed by atoms with E-state index in [9.17, 15) is 48.6 Å². The van der Waals surface area contributed by atoms with E-state index in [1.807, 2.05) is 75.3 Å². The molecule has 85 heavy (non-hydrogen) atoms. The van der Waals surface area contributed by atoms with E-state index >= 15 is 9.59 Å². The molecule has 23 heteroatoms. The van der Waals surface area contributed by atoms with Crippen LogP contribution in [0.2, 0.25) is 0 Å². The van der Waals surface area contributed by atoms with Crippen molar-refractivity contribution >= 4 is 59.1 Å². The van der Waals surface area contributed by atoms with Crippen molar-refractivity contribution in [3.8, 4) is 0 Å². The van der Waals surface area contributed by atoms with E-state index in [0.717, 1.165) is 14.7 Å². The summed E-state index contributed by atoms with van der Waals surface area (Å²) in [5, 5.41) is 34.0. The maximum Gasteiger partial charge on any atom is 0.247 e. The fourth-order valence-corrected chi connectivity index (χ4v) is 10.8. The third kappa shape index (κ3) is 22.5. The molecule has 1 heterocycles. The molecule has 10 amide bonds. The van der Waals surface area contributed by atoms with Crippen LogP contribution in [0, 0.1) is 41.4 Å². The van der Waals surface area contributed by atoms with Crippen LogP contribution >= 0.6 is 0 Å².